The van der Waals surface area contributed by atoms with Crippen LogP contribution in [0, 0.1) is 6.92 Å². The molecule has 3 aromatic rings. The number of benzene rings is 1. The van der Waals surface area contributed by atoms with E-state index in [0.717, 1.165) is 41.5 Å². The minimum atomic E-state index is -4.75. The van der Waals surface area contributed by atoms with Crippen molar-refractivity contribution in [2.75, 3.05) is 6.54 Å². The number of hydrogen-bond donors (Lipinski definition) is 1. The van der Waals surface area contributed by atoms with Gasteiger partial charge in [-0.25, -0.2) is 9.67 Å². The van der Waals surface area contributed by atoms with Gasteiger partial charge in [0.05, 0.1) is 17.5 Å². The molecule has 0 aliphatic carbocycles. The topological polar surface area (TPSA) is 59.8 Å². The smallest absolute Gasteiger partial charge is 0.352 e. The first kappa shape index (κ1) is 21.0. The molecule has 0 aliphatic heterocycles. The van der Waals surface area contributed by atoms with Crippen molar-refractivity contribution in [2.24, 2.45) is 0 Å². The predicted molar refractivity (Wildman–Crippen MR) is 106 cm³/mol. The number of rotatable bonds is 7. The van der Waals surface area contributed by atoms with Crippen molar-refractivity contribution < 1.29 is 18.0 Å². The van der Waals surface area contributed by atoms with E-state index >= 15 is 0 Å². The molecule has 2 aromatic heterocycles. The third-order valence-corrected chi connectivity index (χ3v) is 5.18. The minimum Gasteiger partial charge on any atom is -0.352 e. The number of carbonyl (C=O) groups is 1. The number of carbonyl (C=O) groups excluding carboxylic acids is 1. The predicted octanol–water partition coefficient (Wildman–Crippen LogP) is 5.24. The summed E-state index contributed by atoms with van der Waals surface area (Å²) in [4.78, 5) is 16.6. The molecule has 0 radical (unpaired) electrons. The zero-order chi connectivity index (χ0) is 21.0. The van der Waals surface area contributed by atoms with E-state index in [1.165, 1.54) is 0 Å². The molecule has 0 saturated heterocycles. The lowest BCUT2D eigenvalue weighted by Gasteiger charge is -2.11. The molecular weight excluding hydrogens is 401 g/mol. The van der Waals surface area contributed by atoms with E-state index in [1.54, 1.807) is 5.38 Å². The van der Waals surface area contributed by atoms with Crippen LogP contribution < -0.4 is 5.32 Å². The van der Waals surface area contributed by atoms with Gasteiger partial charge < -0.3 is 5.32 Å². The van der Waals surface area contributed by atoms with Crippen molar-refractivity contribution in [2.45, 2.75) is 39.3 Å². The summed E-state index contributed by atoms with van der Waals surface area (Å²) in [5, 5.41) is 8.09. The number of aromatic nitrogens is 3. The lowest BCUT2D eigenvalue weighted by molar-refractivity contribution is -0.143. The van der Waals surface area contributed by atoms with E-state index in [1.807, 2.05) is 38.1 Å². The third-order valence-electron chi connectivity index (χ3n) is 4.37. The molecule has 3 rings (SSSR count). The molecule has 2 heterocycles. The largest absolute Gasteiger partial charge is 0.434 e. The van der Waals surface area contributed by atoms with E-state index in [9.17, 15) is 18.0 Å². The first-order valence-electron chi connectivity index (χ1n) is 9.27. The molecule has 5 nitrogen and oxygen atoms in total. The number of amides is 1. The molecule has 0 spiro atoms. The zero-order valence-electron chi connectivity index (χ0n) is 16.1. The molecule has 1 N–H and O–H groups in total. The van der Waals surface area contributed by atoms with Gasteiger partial charge in [0.25, 0.3) is 5.91 Å². The molecule has 0 atom stereocenters. The van der Waals surface area contributed by atoms with E-state index in [0.29, 0.717) is 23.3 Å². The fourth-order valence-corrected chi connectivity index (χ4v) is 3.62. The van der Waals surface area contributed by atoms with Crippen LogP contribution in [0.2, 0.25) is 0 Å². The summed E-state index contributed by atoms with van der Waals surface area (Å²) >= 11 is 1.04. The molecule has 0 saturated carbocycles. The molecule has 0 bridgehead atoms. The van der Waals surface area contributed by atoms with Gasteiger partial charge in [-0.15, -0.1) is 11.3 Å². The summed E-state index contributed by atoms with van der Waals surface area (Å²) < 4.78 is 41.9. The average molecular weight is 422 g/mol. The van der Waals surface area contributed by atoms with Gasteiger partial charge in [0.2, 0.25) is 5.13 Å². The van der Waals surface area contributed by atoms with Gasteiger partial charge in [-0.1, -0.05) is 49.6 Å². The maximum atomic E-state index is 13.7. The zero-order valence-corrected chi connectivity index (χ0v) is 16.9. The Morgan fingerprint density at radius 3 is 2.59 bits per heavy atom. The van der Waals surface area contributed by atoms with Crippen LogP contribution in [0.1, 0.15) is 47.8 Å². The van der Waals surface area contributed by atoms with Crippen LogP contribution in [0.4, 0.5) is 13.2 Å². The quantitative estimate of drug-likeness (QED) is 0.530. The number of thiazole rings is 1. The molecule has 0 aliphatic rings. The number of alkyl halides is 3. The number of hydrogen-bond acceptors (Lipinski definition) is 4. The lowest BCUT2D eigenvalue weighted by Crippen LogP contribution is -2.27. The van der Waals surface area contributed by atoms with E-state index in [-0.39, 0.29) is 5.13 Å². The van der Waals surface area contributed by atoms with Crippen molar-refractivity contribution in [3.63, 3.8) is 0 Å². The summed E-state index contributed by atoms with van der Waals surface area (Å²) in [6.07, 6.45) is -1.24. The van der Waals surface area contributed by atoms with Crippen LogP contribution in [-0.4, -0.2) is 27.2 Å². The van der Waals surface area contributed by atoms with Crippen LogP contribution in [0.3, 0.4) is 0 Å². The molecule has 1 aromatic carbocycles. The fraction of sp³-hybridized carbons (Fsp3) is 0.350. The second-order valence-electron chi connectivity index (χ2n) is 6.66. The van der Waals surface area contributed by atoms with Crippen LogP contribution in [-0.2, 0) is 6.18 Å². The number of aryl methyl sites for hydroxylation is 1. The molecule has 0 fully saturated rings. The normalized spacial score (nSPS) is 11.6. The van der Waals surface area contributed by atoms with Gasteiger partial charge in [-0.3, -0.25) is 4.79 Å². The van der Waals surface area contributed by atoms with Crippen molar-refractivity contribution >= 4 is 17.2 Å². The third kappa shape index (κ3) is 4.84. The Kier molecular flexibility index (Phi) is 6.36. The molecule has 0 unspecified atom stereocenters. The van der Waals surface area contributed by atoms with Crippen molar-refractivity contribution in [1.29, 1.82) is 0 Å². The fourth-order valence-electron chi connectivity index (χ4n) is 2.82. The standard InChI is InChI=1S/C20H21F3N4OS/c1-3-4-5-10-24-18(28)15-11-25-27(17(15)20(21,22)23)19-26-16(12-29-19)14-8-6-13(2)7-9-14/h6-9,11-12H,3-5,10H2,1-2H3,(H,24,28). The Morgan fingerprint density at radius 1 is 1.21 bits per heavy atom. The summed E-state index contributed by atoms with van der Waals surface area (Å²) in [5.74, 6) is -0.782. The van der Waals surface area contributed by atoms with Gasteiger partial charge >= 0.3 is 6.18 Å². The molecule has 29 heavy (non-hydrogen) atoms. The van der Waals surface area contributed by atoms with Crippen LogP contribution in [0.5, 0.6) is 0 Å². The average Bonchev–Trinajstić information content (AvgIpc) is 3.32. The Hall–Kier alpha value is -2.68. The first-order valence-corrected chi connectivity index (χ1v) is 10.2. The Labute approximate surface area is 170 Å². The Balaban J connectivity index is 1.91. The van der Waals surface area contributed by atoms with Gasteiger partial charge in [0, 0.05) is 17.5 Å². The molecule has 1 amide bonds. The first-order chi connectivity index (χ1) is 13.8. The SMILES string of the molecule is CCCCCNC(=O)c1cnn(-c2nc(-c3ccc(C)cc3)cs2)c1C(F)(F)F. The van der Waals surface area contributed by atoms with Crippen molar-refractivity contribution in [1.82, 2.24) is 20.1 Å². The number of halogens is 3. The summed E-state index contributed by atoms with van der Waals surface area (Å²) in [6.45, 7) is 4.28. The highest BCUT2D eigenvalue weighted by molar-refractivity contribution is 7.12. The summed E-state index contributed by atoms with van der Waals surface area (Å²) in [7, 11) is 0. The second kappa shape index (κ2) is 8.77. The van der Waals surface area contributed by atoms with Crippen LogP contribution >= 0.6 is 11.3 Å². The van der Waals surface area contributed by atoms with Crippen molar-refractivity contribution in [3.8, 4) is 16.4 Å². The Morgan fingerprint density at radius 2 is 1.93 bits per heavy atom. The van der Waals surface area contributed by atoms with Gasteiger partial charge in [-0.2, -0.15) is 18.3 Å². The van der Waals surface area contributed by atoms with E-state index in [4.69, 9.17) is 0 Å². The highest BCUT2D eigenvalue weighted by Crippen LogP contribution is 2.35. The molecular formula is C20H21F3N4OS. The van der Waals surface area contributed by atoms with Crippen LogP contribution in [0.25, 0.3) is 16.4 Å². The number of nitrogens with one attached hydrogen (secondary N) is 1. The summed E-state index contributed by atoms with van der Waals surface area (Å²) in [6, 6.07) is 7.53. The van der Waals surface area contributed by atoms with E-state index in [2.05, 4.69) is 15.4 Å². The maximum absolute atomic E-state index is 13.7. The van der Waals surface area contributed by atoms with Gasteiger partial charge in [0.1, 0.15) is 0 Å². The van der Waals surface area contributed by atoms with Crippen molar-refractivity contribution in [3.05, 3.63) is 52.7 Å². The molecule has 154 valence electrons. The minimum absolute atomic E-state index is 0.0536. The lowest BCUT2D eigenvalue weighted by atomic mass is 10.1. The maximum Gasteiger partial charge on any atom is 0.434 e. The number of nitrogens with zero attached hydrogens (tertiary/aromatic N) is 3. The second-order valence-corrected chi connectivity index (χ2v) is 7.50. The van der Waals surface area contributed by atoms with E-state index < -0.39 is 23.3 Å². The molecule has 9 heteroatoms. The summed E-state index contributed by atoms with van der Waals surface area (Å²) in [5.41, 5.74) is 0.813. The van der Waals surface area contributed by atoms with Crippen LogP contribution in [0.15, 0.2) is 35.8 Å². The van der Waals surface area contributed by atoms with Gasteiger partial charge in [0.15, 0.2) is 5.69 Å². The monoisotopic (exact) mass is 422 g/mol. The highest BCUT2D eigenvalue weighted by Gasteiger charge is 2.41. The number of unbranched alkanes of at least 4 members (excludes halogenated alkanes) is 2. The Bertz CT molecular complexity index is 977. The highest BCUT2D eigenvalue weighted by atomic mass is 32.1. The van der Waals surface area contributed by atoms with Gasteiger partial charge in [-0.05, 0) is 13.3 Å².